The van der Waals surface area contributed by atoms with Crippen LogP contribution in [0.25, 0.3) is 0 Å². The maximum Gasteiger partial charge on any atom is 0.246 e. The largest absolute Gasteiger partial charge is 0.345 e. The summed E-state index contributed by atoms with van der Waals surface area (Å²) in [6.07, 6.45) is -0.113. The molecule has 0 fully saturated rings. The summed E-state index contributed by atoms with van der Waals surface area (Å²) in [6, 6.07) is 11.4. The Bertz CT molecular complexity index is 826. The van der Waals surface area contributed by atoms with E-state index >= 15 is 0 Å². The van der Waals surface area contributed by atoms with Gasteiger partial charge in [-0.1, -0.05) is 35.9 Å². The van der Waals surface area contributed by atoms with Crippen LogP contribution in [0.15, 0.2) is 48.5 Å². The summed E-state index contributed by atoms with van der Waals surface area (Å²) in [5.74, 6) is -1.83. The third-order valence-corrected chi connectivity index (χ3v) is 3.99. The molecule has 7 heteroatoms. The van der Waals surface area contributed by atoms with E-state index in [0.717, 1.165) is 0 Å². The topological polar surface area (TPSA) is 75.3 Å². The summed E-state index contributed by atoms with van der Waals surface area (Å²) in [6.45, 7) is 1.48. The van der Waals surface area contributed by atoms with Gasteiger partial charge in [0.15, 0.2) is 5.78 Å². The lowest BCUT2D eigenvalue weighted by Crippen LogP contribution is -2.41. The Labute approximate surface area is 155 Å². The van der Waals surface area contributed by atoms with E-state index in [9.17, 15) is 18.8 Å². The number of ketones is 1. The van der Waals surface area contributed by atoms with Crippen molar-refractivity contribution < 1.29 is 18.8 Å². The molecule has 5 nitrogen and oxygen atoms in total. The van der Waals surface area contributed by atoms with Crippen LogP contribution in [-0.4, -0.2) is 23.6 Å². The van der Waals surface area contributed by atoms with E-state index in [4.69, 9.17) is 11.6 Å². The number of Topliss-reactive ketones (excluding diaryl/α,β-unsaturated/α-hetero) is 1. The Balaban J connectivity index is 1.83. The molecule has 2 aromatic carbocycles. The van der Waals surface area contributed by atoms with Crippen molar-refractivity contribution in [1.29, 1.82) is 0 Å². The molecule has 0 saturated carbocycles. The Morgan fingerprint density at radius 3 is 2.38 bits per heavy atom. The van der Waals surface area contributed by atoms with Gasteiger partial charge in [0.05, 0.1) is 10.7 Å². The lowest BCUT2D eigenvalue weighted by atomic mass is 10.1. The van der Waals surface area contributed by atoms with Crippen molar-refractivity contribution in [3.8, 4) is 0 Å². The number of carbonyl (C=O) groups excluding carboxylic acids is 3. The maximum atomic E-state index is 13.5. The van der Waals surface area contributed by atoms with Crippen molar-refractivity contribution in [3.63, 3.8) is 0 Å². The minimum absolute atomic E-state index is 0.0305. The number of nitrogens with one attached hydrogen (secondary N) is 2. The Morgan fingerprint density at radius 2 is 1.69 bits per heavy atom. The summed E-state index contributed by atoms with van der Waals surface area (Å²) >= 11 is 5.95. The molecule has 26 heavy (non-hydrogen) atoms. The average molecular weight is 377 g/mol. The fourth-order valence-electron chi connectivity index (χ4n) is 2.23. The summed E-state index contributed by atoms with van der Waals surface area (Å²) < 4.78 is 13.5. The molecule has 1 unspecified atom stereocenters. The Hall–Kier alpha value is -2.73. The van der Waals surface area contributed by atoms with Gasteiger partial charge >= 0.3 is 0 Å². The van der Waals surface area contributed by atoms with E-state index < -0.39 is 23.7 Å². The molecule has 2 rings (SSSR count). The van der Waals surface area contributed by atoms with Gasteiger partial charge in [-0.05, 0) is 31.2 Å². The number of amides is 2. The molecule has 0 aromatic heterocycles. The zero-order valence-electron chi connectivity index (χ0n) is 14.1. The second-order valence-electron chi connectivity index (χ2n) is 5.66. The number of benzene rings is 2. The molecule has 0 aliphatic heterocycles. The van der Waals surface area contributed by atoms with Crippen molar-refractivity contribution in [2.45, 2.75) is 25.8 Å². The normalized spacial score (nSPS) is 11.5. The number of hydrogen-bond acceptors (Lipinski definition) is 3. The molecule has 2 N–H and O–H groups in total. The highest BCUT2D eigenvalue weighted by molar-refractivity contribution is 6.34. The number of anilines is 1. The average Bonchev–Trinajstić information content (AvgIpc) is 2.62. The van der Waals surface area contributed by atoms with Gasteiger partial charge < -0.3 is 10.6 Å². The number of hydrogen-bond donors (Lipinski definition) is 2. The van der Waals surface area contributed by atoms with Crippen LogP contribution >= 0.6 is 11.6 Å². The van der Waals surface area contributed by atoms with Crippen LogP contribution in [0.2, 0.25) is 5.02 Å². The standard InChI is InChI=1S/C19H18ClFN2O3/c1-12(19(26)23-16-9-5-4-8-15(16)21)22-18(25)11-10-17(24)13-6-2-3-7-14(13)20/h2-9,12H,10-11H2,1H3,(H,22,25)(H,23,26). The van der Waals surface area contributed by atoms with Crippen molar-refractivity contribution in [2.24, 2.45) is 0 Å². The van der Waals surface area contributed by atoms with Gasteiger partial charge in [-0.3, -0.25) is 14.4 Å². The van der Waals surface area contributed by atoms with Crippen molar-refractivity contribution in [3.05, 3.63) is 64.9 Å². The zero-order valence-corrected chi connectivity index (χ0v) is 14.8. The molecule has 0 radical (unpaired) electrons. The first kappa shape index (κ1) is 19.6. The van der Waals surface area contributed by atoms with Gasteiger partial charge in [-0.15, -0.1) is 0 Å². The number of carbonyl (C=O) groups is 3. The maximum absolute atomic E-state index is 13.5. The third-order valence-electron chi connectivity index (χ3n) is 3.66. The van der Waals surface area contributed by atoms with Gasteiger partial charge in [0.2, 0.25) is 11.8 Å². The molecule has 0 spiro atoms. The molecule has 0 aliphatic rings. The van der Waals surface area contributed by atoms with Crippen molar-refractivity contribution in [1.82, 2.24) is 5.32 Å². The van der Waals surface area contributed by atoms with Crippen LogP contribution in [0.3, 0.4) is 0 Å². The molecule has 2 aromatic rings. The molecule has 1 atom stereocenters. The minimum atomic E-state index is -0.877. The van der Waals surface area contributed by atoms with Crippen LogP contribution in [-0.2, 0) is 9.59 Å². The van der Waals surface area contributed by atoms with E-state index in [1.165, 1.54) is 25.1 Å². The summed E-state index contributed by atoms with van der Waals surface area (Å²) in [5.41, 5.74) is 0.389. The first-order chi connectivity index (χ1) is 12.4. The summed E-state index contributed by atoms with van der Waals surface area (Å²) in [5, 5.41) is 5.21. The minimum Gasteiger partial charge on any atom is -0.345 e. The van der Waals surface area contributed by atoms with Crippen LogP contribution in [0.4, 0.5) is 10.1 Å². The SMILES string of the molecule is CC(NC(=O)CCC(=O)c1ccccc1Cl)C(=O)Nc1ccccc1F. The van der Waals surface area contributed by atoms with E-state index in [1.807, 2.05) is 0 Å². The highest BCUT2D eigenvalue weighted by atomic mass is 35.5. The van der Waals surface area contributed by atoms with Crippen molar-refractivity contribution >= 4 is 34.9 Å². The van der Waals surface area contributed by atoms with Gasteiger partial charge in [0.1, 0.15) is 11.9 Å². The highest BCUT2D eigenvalue weighted by Crippen LogP contribution is 2.17. The zero-order chi connectivity index (χ0) is 19.1. The number of rotatable bonds is 7. The lowest BCUT2D eigenvalue weighted by molar-refractivity contribution is -0.126. The number of halogens is 2. The molecule has 136 valence electrons. The van der Waals surface area contributed by atoms with Crippen molar-refractivity contribution in [2.75, 3.05) is 5.32 Å². The molecular weight excluding hydrogens is 359 g/mol. The van der Waals surface area contributed by atoms with E-state index in [1.54, 1.807) is 30.3 Å². The van der Waals surface area contributed by atoms with Crippen LogP contribution in [0, 0.1) is 5.82 Å². The van der Waals surface area contributed by atoms with E-state index in [-0.39, 0.29) is 24.3 Å². The summed E-state index contributed by atoms with van der Waals surface area (Å²) in [4.78, 5) is 36.1. The van der Waals surface area contributed by atoms with Crippen LogP contribution < -0.4 is 10.6 Å². The molecular formula is C19H18ClFN2O3. The van der Waals surface area contributed by atoms with Gasteiger partial charge in [0.25, 0.3) is 0 Å². The summed E-state index contributed by atoms with van der Waals surface area (Å²) in [7, 11) is 0. The Morgan fingerprint density at radius 1 is 1.04 bits per heavy atom. The lowest BCUT2D eigenvalue weighted by Gasteiger charge is -2.14. The fourth-order valence-corrected chi connectivity index (χ4v) is 2.47. The molecule has 0 bridgehead atoms. The van der Waals surface area contributed by atoms with Gasteiger partial charge in [0, 0.05) is 18.4 Å². The van der Waals surface area contributed by atoms with E-state index in [2.05, 4.69) is 10.6 Å². The number of para-hydroxylation sites is 1. The Kier molecular flexibility index (Phi) is 6.86. The first-order valence-corrected chi connectivity index (χ1v) is 8.38. The van der Waals surface area contributed by atoms with Crippen LogP contribution in [0.1, 0.15) is 30.1 Å². The predicted molar refractivity (Wildman–Crippen MR) is 97.7 cm³/mol. The van der Waals surface area contributed by atoms with E-state index in [0.29, 0.717) is 10.6 Å². The molecule has 2 amide bonds. The second kappa shape index (κ2) is 9.10. The fraction of sp³-hybridized carbons (Fsp3) is 0.211. The highest BCUT2D eigenvalue weighted by Gasteiger charge is 2.18. The van der Waals surface area contributed by atoms with Gasteiger partial charge in [-0.2, -0.15) is 0 Å². The first-order valence-electron chi connectivity index (χ1n) is 8.01. The second-order valence-corrected chi connectivity index (χ2v) is 6.07. The molecule has 0 aliphatic carbocycles. The predicted octanol–water partition coefficient (Wildman–Crippen LogP) is 3.59. The monoisotopic (exact) mass is 376 g/mol. The van der Waals surface area contributed by atoms with Crippen LogP contribution in [0.5, 0.6) is 0 Å². The van der Waals surface area contributed by atoms with Gasteiger partial charge in [-0.25, -0.2) is 4.39 Å². The molecule has 0 heterocycles. The third kappa shape index (κ3) is 5.39. The smallest absolute Gasteiger partial charge is 0.246 e. The quantitative estimate of drug-likeness (QED) is 0.725. The molecule has 0 saturated heterocycles.